The Morgan fingerprint density at radius 3 is 2.58 bits per heavy atom. The number of benzene rings is 2. The van der Waals surface area contributed by atoms with E-state index in [2.05, 4.69) is 62.9 Å². The van der Waals surface area contributed by atoms with Gasteiger partial charge in [0.25, 0.3) is 0 Å². The summed E-state index contributed by atoms with van der Waals surface area (Å²) < 4.78 is 0. The first kappa shape index (κ1) is 20.0. The summed E-state index contributed by atoms with van der Waals surface area (Å²) in [6.45, 7) is 11.0. The van der Waals surface area contributed by atoms with Gasteiger partial charge < -0.3 is 0 Å². The lowest BCUT2D eigenvalue weighted by Crippen LogP contribution is -2.34. The molecule has 3 heteroatoms. The number of Topliss-reactive ketones (excluding diaryl/α,β-unsaturated/α-hetero) is 1. The van der Waals surface area contributed by atoms with Gasteiger partial charge in [0, 0.05) is 35.7 Å². The second-order valence-electron chi connectivity index (χ2n) is 9.80. The van der Waals surface area contributed by atoms with Gasteiger partial charge in [-0.05, 0) is 78.3 Å². The van der Waals surface area contributed by atoms with Crippen molar-refractivity contribution in [2.24, 2.45) is 0 Å². The van der Waals surface area contributed by atoms with Crippen LogP contribution in [0.3, 0.4) is 0 Å². The van der Waals surface area contributed by atoms with E-state index in [0.29, 0.717) is 11.6 Å². The third-order valence-electron chi connectivity index (χ3n) is 7.43. The highest BCUT2D eigenvalue weighted by Crippen LogP contribution is 2.50. The third-order valence-corrected chi connectivity index (χ3v) is 7.43. The lowest BCUT2D eigenvalue weighted by atomic mass is 9.68. The minimum Gasteiger partial charge on any atom is -0.297 e. The van der Waals surface area contributed by atoms with Crippen molar-refractivity contribution in [3.63, 3.8) is 0 Å². The lowest BCUT2D eigenvalue weighted by molar-refractivity contribution is 0.105. The first-order valence-electron chi connectivity index (χ1n) is 11.2. The van der Waals surface area contributed by atoms with Crippen molar-refractivity contribution in [3.05, 3.63) is 81.4 Å². The number of nitriles is 1. The van der Waals surface area contributed by atoms with E-state index >= 15 is 0 Å². The molecule has 0 saturated heterocycles. The first-order chi connectivity index (χ1) is 14.8. The normalized spacial score (nSPS) is 19.6. The monoisotopic (exact) mass is 408 g/mol. The molecular formula is C28H28N2O. The molecule has 0 amide bonds. The topological polar surface area (TPSA) is 44.1 Å². The number of rotatable bonds is 2. The molecule has 0 radical (unpaired) electrons. The summed E-state index contributed by atoms with van der Waals surface area (Å²) in [4.78, 5) is 16.2. The summed E-state index contributed by atoms with van der Waals surface area (Å²) in [6, 6.07) is 15.0. The molecule has 0 fully saturated rings. The summed E-state index contributed by atoms with van der Waals surface area (Å²) >= 11 is 0. The van der Waals surface area contributed by atoms with Gasteiger partial charge in [0.1, 0.15) is 0 Å². The quantitative estimate of drug-likeness (QED) is 0.655. The molecular weight excluding hydrogens is 380 g/mol. The van der Waals surface area contributed by atoms with E-state index in [-0.39, 0.29) is 11.2 Å². The summed E-state index contributed by atoms with van der Waals surface area (Å²) in [5.74, 6) is 0.134. The van der Waals surface area contributed by atoms with Gasteiger partial charge in [0.05, 0.1) is 11.6 Å². The van der Waals surface area contributed by atoms with E-state index < -0.39 is 0 Å². The van der Waals surface area contributed by atoms with Crippen LogP contribution in [0.25, 0.3) is 11.1 Å². The van der Waals surface area contributed by atoms with E-state index in [4.69, 9.17) is 0 Å². The smallest absolute Gasteiger partial charge is 0.193 e. The van der Waals surface area contributed by atoms with Crippen LogP contribution in [0.5, 0.6) is 0 Å². The van der Waals surface area contributed by atoms with Crippen LogP contribution in [0.1, 0.15) is 72.3 Å². The van der Waals surface area contributed by atoms with E-state index in [1.165, 1.54) is 16.7 Å². The summed E-state index contributed by atoms with van der Waals surface area (Å²) in [5.41, 5.74) is 9.07. The second-order valence-corrected chi connectivity index (χ2v) is 9.80. The zero-order valence-electron chi connectivity index (χ0n) is 18.7. The Kier molecular flexibility index (Phi) is 4.53. The molecule has 3 aliphatic rings. The summed E-state index contributed by atoms with van der Waals surface area (Å²) in [6.07, 6.45) is 4.08. The minimum atomic E-state index is -0.210. The van der Waals surface area contributed by atoms with Gasteiger partial charge >= 0.3 is 0 Å². The van der Waals surface area contributed by atoms with Crippen LogP contribution >= 0.6 is 0 Å². The number of carbonyl (C=O) groups excluding carboxylic acids is 1. The molecule has 5 rings (SSSR count). The van der Waals surface area contributed by atoms with Gasteiger partial charge in [0.15, 0.2) is 5.78 Å². The van der Waals surface area contributed by atoms with Crippen LogP contribution in [0.2, 0.25) is 0 Å². The molecule has 31 heavy (non-hydrogen) atoms. The number of carbonyl (C=O) groups is 1. The van der Waals surface area contributed by atoms with Gasteiger partial charge in [-0.15, -0.1) is 0 Å². The Labute approximate surface area is 184 Å². The fraction of sp³-hybridized carbons (Fsp3) is 0.357. The number of hydrogen-bond donors (Lipinski definition) is 0. The molecule has 0 spiro atoms. The highest BCUT2D eigenvalue weighted by Gasteiger charge is 2.42. The van der Waals surface area contributed by atoms with Crippen molar-refractivity contribution >= 4 is 16.9 Å². The molecule has 0 unspecified atom stereocenters. The predicted octanol–water partition coefficient (Wildman–Crippen LogP) is 5.54. The molecule has 2 aromatic carbocycles. The summed E-state index contributed by atoms with van der Waals surface area (Å²) in [5, 5.41) is 9.29. The molecule has 0 N–H and O–H groups in total. The maximum atomic E-state index is 13.7. The van der Waals surface area contributed by atoms with E-state index in [9.17, 15) is 10.1 Å². The molecule has 0 bridgehead atoms. The van der Waals surface area contributed by atoms with Crippen molar-refractivity contribution in [3.8, 4) is 6.07 Å². The maximum absolute atomic E-state index is 13.7. The Hall–Kier alpha value is -2.96. The molecule has 1 heterocycles. The minimum absolute atomic E-state index is 0.134. The Morgan fingerprint density at radius 2 is 1.90 bits per heavy atom. The Bertz CT molecular complexity index is 1220. The van der Waals surface area contributed by atoms with E-state index in [1.54, 1.807) is 0 Å². The predicted molar refractivity (Wildman–Crippen MR) is 125 cm³/mol. The number of fused-ring (bicyclic) bond motifs is 3. The number of nitrogens with zero attached hydrogens (tertiary/aromatic N) is 2. The summed E-state index contributed by atoms with van der Waals surface area (Å²) in [7, 11) is 0. The van der Waals surface area contributed by atoms with Crippen LogP contribution in [-0.4, -0.2) is 29.8 Å². The fourth-order valence-corrected chi connectivity index (χ4v) is 5.48. The Morgan fingerprint density at radius 1 is 1.10 bits per heavy atom. The van der Waals surface area contributed by atoms with Crippen molar-refractivity contribution in [2.45, 2.75) is 52.0 Å². The standard InChI is InChI=1S/C28H28N2O/c1-17(2)30-11-9-19(10-12-30)20-6-8-24-23(14-20)27(31)26-22-7-5-18(16-29)13-21(22)15-25(26)28(24,3)4/h5-9,13-14,17H,10-12,15H2,1-4H3. The molecule has 3 nitrogen and oxygen atoms in total. The van der Waals surface area contributed by atoms with Crippen molar-refractivity contribution in [1.29, 1.82) is 5.26 Å². The fourth-order valence-electron chi connectivity index (χ4n) is 5.48. The average molecular weight is 409 g/mol. The van der Waals surface area contributed by atoms with Crippen LogP contribution in [0.15, 0.2) is 48.0 Å². The second kappa shape index (κ2) is 7.04. The van der Waals surface area contributed by atoms with Crippen LogP contribution in [0, 0.1) is 11.3 Å². The van der Waals surface area contributed by atoms with Crippen LogP contribution < -0.4 is 0 Å². The van der Waals surface area contributed by atoms with Gasteiger partial charge in [-0.25, -0.2) is 0 Å². The van der Waals surface area contributed by atoms with Crippen LogP contribution in [0.4, 0.5) is 0 Å². The molecule has 0 saturated carbocycles. The Balaban J connectivity index is 1.57. The van der Waals surface area contributed by atoms with Crippen LogP contribution in [-0.2, 0) is 11.8 Å². The highest BCUT2D eigenvalue weighted by molar-refractivity contribution is 6.33. The first-order valence-corrected chi connectivity index (χ1v) is 11.2. The largest absolute Gasteiger partial charge is 0.297 e. The van der Waals surface area contributed by atoms with Gasteiger partial charge in [0.2, 0.25) is 0 Å². The third kappa shape index (κ3) is 3.01. The SMILES string of the molecule is CC(C)N1CC=C(c2ccc3c(c2)C(=O)C2=C(Cc4cc(C#N)ccc42)C3(C)C)CC1. The zero-order valence-corrected chi connectivity index (χ0v) is 18.7. The number of hydrogen-bond acceptors (Lipinski definition) is 3. The molecule has 1 aliphatic heterocycles. The molecule has 0 atom stereocenters. The van der Waals surface area contributed by atoms with Crippen molar-refractivity contribution < 1.29 is 4.79 Å². The van der Waals surface area contributed by atoms with E-state index in [0.717, 1.165) is 53.8 Å². The molecule has 2 aliphatic carbocycles. The number of allylic oxidation sites excluding steroid dienone is 2. The molecule has 2 aromatic rings. The van der Waals surface area contributed by atoms with Crippen molar-refractivity contribution in [1.82, 2.24) is 4.90 Å². The lowest BCUT2D eigenvalue weighted by Gasteiger charge is -2.35. The van der Waals surface area contributed by atoms with Crippen molar-refractivity contribution in [2.75, 3.05) is 13.1 Å². The zero-order chi connectivity index (χ0) is 21.9. The maximum Gasteiger partial charge on any atom is 0.193 e. The molecule has 0 aromatic heterocycles. The van der Waals surface area contributed by atoms with E-state index in [1.807, 2.05) is 18.2 Å². The van der Waals surface area contributed by atoms with Gasteiger partial charge in [-0.1, -0.05) is 38.1 Å². The highest BCUT2D eigenvalue weighted by atomic mass is 16.1. The average Bonchev–Trinajstić information content (AvgIpc) is 3.17. The van der Waals surface area contributed by atoms with Gasteiger partial charge in [-0.3, -0.25) is 9.69 Å². The number of ketones is 1. The molecule has 156 valence electrons. The van der Waals surface area contributed by atoms with Gasteiger partial charge in [-0.2, -0.15) is 5.26 Å².